The minimum Gasteiger partial charge on any atom is -0.511 e. The summed E-state index contributed by atoms with van der Waals surface area (Å²) in [6.45, 7) is 6.61. The number of aliphatic hydroxyl groups excluding tert-OH is 2. The molecule has 1 amide bonds. The first-order valence-corrected chi connectivity index (χ1v) is 13.4. The van der Waals surface area contributed by atoms with Gasteiger partial charge in [0.05, 0.1) is 5.56 Å². The monoisotopic (exact) mass is 544 g/mol. The van der Waals surface area contributed by atoms with Crippen LogP contribution in [0.3, 0.4) is 0 Å². The number of fused-ring (bicyclic) bond motifs is 3. The van der Waals surface area contributed by atoms with E-state index in [-0.39, 0.29) is 36.1 Å². The van der Waals surface area contributed by atoms with E-state index in [9.17, 15) is 34.8 Å². The highest BCUT2D eigenvalue weighted by molar-refractivity contribution is 6.33. The van der Waals surface area contributed by atoms with Crippen molar-refractivity contribution in [1.82, 2.24) is 4.90 Å². The summed E-state index contributed by atoms with van der Waals surface area (Å²) in [5.74, 6) is -5.37. The van der Waals surface area contributed by atoms with Crippen molar-refractivity contribution in [2.24, 2.45) is 29.4 Å². The highest BCUT2D eigenvalue weighted by atomic mass is 35.5. The number of benzene rings is 1. The summed E-state index contributed by atoms with van der Waals surface area (Å²) >= 11 is 6.86. The van der Waals surface area contributed by atoms with E-state index in [1.807, 2.05) is 0 Å². The van der Waals surface area contributed by atoms with Crippen molar-refractivity contribution in [2.45, 2.75) is 58.1 Å². The predicted molar refractivity (Wildman–Crippen MR) is 139 cm³/mol. The van der Waals surface area contributed by atoms with Gasteiger partial charge in [-0.3, -0.25) is 19.3 Å². The molecule has 1 unspecified atom stereocenters. The second-order valence-corrected chi connectivity index (χ2v) is 12.0. The average molecular weight is 545 g/mol. The normalized spacial score (nSPS) is 27.1. The molecule has 0 heterocycles. The van der Waals surface area contributed by atoms with Gasteiger partial charge in [0.1, 0.15) is 22.8 Å². The third-order valence-corrected chi connectivity index (χ3v) is 8.77. The zero-order chi connectivity index (χ0) is 27.7. The summed E-state index contributed by atoms with van der Waals surface area (Å²) < 4.78 is 0. The van der Waals surface area contributed by atoms with E-state index in [0.29, 0.717) is 34.5 Å². The van der Waals surface area contributed by atoms with Crippen LogP contribution < -0.4 is 5.73 Å². The number of hydrogen-bond donors (Lipinski definition) is 5. The van der Waals surface area contributed by atoms with E-state index < -0.39 is 52.0 Å². The summed E-state index contributed by atoms with van der Waals surface area (Å²) in [4.78, 5) is 40.8. The molecule has 0 saturated heterocycles. The van der Waals surface area contributed by atoms with Crippen LogP contribution in [0.1, 0.15) is 61.0 Å². The number of phenolic OH excluding ortho intramolecular Hbond substituents is 1. The van der Waals surface area contributed by atoms with Gasteiger partial charge in [-0.1, -0.05) is 25.4 Å². The van der Waals surface area contributed by atoms with Gasteiger partial charge in [-0.25, -0.2) is 0 Å². The Bertz CT molecular complexity index is 1310. The zero-order valence-corrected chi connectivity index (χ0v) is 22.2. The van der Waals surface area contributed by atoms with Crippen LogP contribution in [0.25, 0.3) is 0 Å². The molecule has 0 radical (unpaired) electrons. The van der Waals surface area contributed by atoms with Crippen LogP contribution in [0.15, 0.2) is 28.7 Å². The number of aliphatic hydroxyl groups is 3. The number of rotatable bonds is 7. The molecule has 10 heteroatoms. The number of aromatic hydroxyl groups is 1. The van der Waals surface area contributed by atoms with Crippen molar-refractivity contribution < 1.29 is 34.8 Å². The maximum Gasteiger partial charge on any atom is 0.255 e. The number of amides is 1. The molecule has 204 valence electrons. The summed E-state index contributed by atoms with van der Waals surface area (Å²) in [6.07, 6.45) is 2.41. The summed E-state index contributed by atoms with van der Waals surface area (Å²) in [5, 5.41) is 44.1. The molecule has 1 aromatic rings. The second kappa shape index (κ2) is 9.39. The molecule has 1 saturated carbocycles. The molecule has 0 aromatic heterocycles. The van der Waals surface area contributed by atoms with Gasteiger partial charge in [-0.05, 0) is 60.6 Å². The third-order valence-electron chi connectivity index (χ3n) is 8.30. The number of primary amides is 1. The van der Waals surface area contributed by atoms with Crippen LogP contribution in [0, 0.1) is 23.7 Å². The SMILES string of the molecule is CC(C)CN(Cc1cc(O)c2c(c1Cl)CC1C[C@H]3CC(O)=C(C(N)=O)C(=O)[C@@]3(O)C(O)=C1C2=O)CC1CC1. The first kappa shape index (κ1) is 26.7. The number of nitrogens with zero attached hydrogens (tertiary/aromatic N) is 1. The first-order chi connectivity index (χ1) is 17.8. The highest BCUT2D eigenvalue weighted by Crippen LogP contribution is 2.52. The van der Waals surface area contributed by atoms with Gasteiger partial charge in [0.15, 0.2) is 11.4 Å². The fourth-order valence-electron chi connectivity index (χ4n) is 6.46. The number of carbonyl (C=O) groups excluding carboxylic acids is 3. The number of ketones is 2. The quantitative estimate of drug-likeness (QED) is 0.327. The molecule has 38 heavy (non-hydrogen) atoms. The van der Waals surface area contributed by atoms with Crippen molar-refractivity contribution in [3.63, 3.8) is 0 Å². The predicted octanol–water partition coefficient (Wildman–Crippen LogP) is 3.10. The Morgan fingerprint density at radius 2 is 1.89 bits per heavy atom. The minimum atomic E-state index is -2.57. The van der Waals surface area contributed by atoms with Crippen molar-refractivity contribution in [1.29, 1.82) is 0 Å². The zero-order valence-electron chi connectivity index (χ0n) is 21.5. The molecule has 0 bridgehead atoms. The van der Waals surface area contributed by atoms with E-state index in [0.717, 1.165) is 13.1 Å². The fourth-order valence-corrected chi connectivity index (χ4v) is 6.75. The Kier molecular flexibility index (Phi) is 6.60. The molecule has 5 rings (SSSR count). The van der Waals surface area contributed by atoms with Gasteiger partial charge in [-0.15, -0.1) is 0 Å². The third kappa shape index (κ3) is 4.21. The lowest BCUT2D eigenvalue weighted by Crippen LogP contribution is -2.57. The van der Waals surface area contributed by atoms with Crippen molar-refractivity contribution >= 4 is 29.1 Å². The van der Waals surface area contributed by atoms with Gasteiger partial charge < -0.3 is 26.2 Å². The number of carbonyl (C=O) groups is 3. The van der Waals surface area contributed by atoms with Crippen LogP contribution in [0.4, 0.5) is 0 Å². The fraction of sp³-hybridized carbons (Fsp3) is 0.536. The molecule has 0 aliphatic heterocycles. The van der Waals surface area contributed by atoms with Gasteiger partial charge in [0, 0.05) is 42.6 Å². The molecule has 4 aliphatic rings. The molecule has 3 atom stereocenters. The largest absolute Gasteiger partial charge is 0.511 e. The molecular formula is C28H33ClN2O7. The second-order valence-electron chi connectivity index (χ2n) is 11.7. The molecule has 1 fully saturated rings. The first-order valence-electron chi connectivity index (χ1n) is 13.1. The Hall–Kier alpha value is -2.88. The number of hydrogen-bond acceptors (Lipinski definition) is 8. The molecule has 4 aliphatic carbocycles. The van der Waals surface area contributed by atoms with E-state index in [1.165, 1.54) is 18.9 Å². The topological polar surface area (TPSA) is 161 Å². The van der Waals surface area contributed by atoms with Crippen molar-refractivity contribution in [3.05, 3.63) is 50.4 Å². The molecule has 0 spiro atoms. The number of halogens is 1. The van der Waals surface area contributed by atoms with Crippen LogP contribution in [0.2, 0.25) is 5.02 Å². The lowest BCUT2D eigenvalue weighted by Gasteiger charge is -2.45. The lowest BCUT2D eigenvalue weighted by atomic mass is 9.60. The van der Waals surface area contributed by atoms with Crippen LogP contribution in [0.5, 0.6) is 5.75 Å². The highest BCUT2D eigenvalue weighted by Gasteiger charge is 2.59. The molecular weight excluding hydrogens is 512 g/mol. The van der Waals surface area contributed by atoms with Gasteiger partial charge in [0.2, 0.25) is 5.78 Å². The Balaban J connectivity index is 1.54. The Morgan fingerprint density at radius 3 is 2.50 bits per heavy atom. The van der Waals surface area contributed by atoms with E-state index >= 15 is 0 Å². The van der Waals surface area contributed by atoms with Gasteiger partial charge in [-0.2, -0.15) is 0 Å². The minimum absolute atomic E-state index is 0.0621. The van der Waals surface area contributed by atoms with E-state index in [1.54, 1.807) is 0 Å². The number of allylic oxidation sites excluding steroid dienone is 2. The average Bonchev–Trinajstić information content (AvgIpc) is 3.62. The molecule has 1 aromatic carbocycles. The van der Waals surface area contributed by atoms with Gasteiger partial charge in [0.25, 0.3) is 5.91 Å². The summed E-state index contributed by atoms with van der Waals surface area (Å²) in [6, 6.07) is 1.48. The van der Waals surface area contributed by atoms with Gasteiger partial charge >= 0.3 is 0 Å². The Labute approximate surface area is 225 Å². The van der Waals surface area contributed by atoms with E-state index in [2.05, 4.69) is 18.7 Å². The lowest BCUT2D eigenvalue weighted by molar-refractivity contribution is -0.144. The van der Waals surface area contributed by atoms with Crippen molar-refractivity contribution in [3.8, 4) is 5.75 Å². The van der Waals surface area contributed by atoms with Crippen molar-refractivity contribution in [2.75, 3.05) is 13.1 Å². The summed E-state index contributed by atoms with van der Waals surface area (Å²) in [7, 11) is 0. The maximum absolute atomic E-state index is 13.6. The number of phenols is 1. The number of Topliss-reactive ketones (excluding diaryl/α,β-unsaturated/α-hetero) is 2. The molecule has 9 nitrogen and oxygen atoms in total. The smallest absolute Gasteiger partial charge is 0.255 e. The maximum atomic E-state index is 13.6. The molecule has 6 N–H and O–H groups in total. The standard InChI is InChI=1S/C28H33ClN2O7/c1-12(2)9-31(10-13-3-4-13)11-15-7-18(32)21-17(23(15)29)6-14-5-16-8-19(33)22(27(30)37)26(36)28(16,38)25(35)20(14)24(21)34/h7,12-14,16,32-33,35,38H,3-6,8-11H2,1-2H3,(H2,30,37)/t14?,16-,28-/m0/s1. The summed E-state index contributed by atoms with van der Waals surface area (Å²) in [5.41, 5.74) is 2.80. The van der Waals surface area contributed by atoms with Crippen LogP contribution >= 0.6 is 11.6 Å². The number of nitrogens with two attached hydrogens (primary N) is 1. The van der Waals surface area contributed by atoms with E-state index in [4.69, 9.17) is 17.3 Å². The Morgan fingerprint density at radius 1 is 1.21 bits per heavy atom. The van der Waals surface area contributed by atoms with Crippen LogP contribution in [-0.2, 0) is 22.6 Å². The van der Waals surface area contributed by atoms with Crippen LogP contribution in [-0.4, -0.2) is 61.5 Å².